The maximum atomic E-state index is 5.26. The van der Waals surface area contributed by atoms with E-state index < -0.39 is 0 Å². The van der Waals surface area contributed by atoms with Crippen molar-refractivity contribution in [2.24, 2.45) is 5.92 Å². The highest BCUT2D eigenvalue weighted by Crippen LogP contribution is 2.35. The average Bonchev–Trinajstić information content (AvgIpc) is 2.63. The lowest BCUT2D eigenvalue weighted by atomic mass is 9.91. The predicted octanol–water partition coefficient (Wildman–Crippen LogP) is 1.26. The van der Waals surface area contributed by atoms with E-state index in [0.717, 1.165) is 41.6 Å². The maximum absolute atomic E-state index is 5.26. The highest BCUT2D eigenvalue weighted by molar-refractivity contribution is 9.10. The lowest BCUT2D eigenvalue weighted by Gasteiger charge is -2.45. The van der Waals surface area contributed by atoms with Gasteiger partial charge in [0.2, 0.25) is 0 Å². The lowest BCUT2D eigenvalue weighted by molar-refractivity contribution is 0.363. The number of hydrogen-bond acceptors (Lipinski definition) is 4. The van der Waals surface area contributed by atoms with Gasteiger partial charge in [-0.15, -0.1) is 0 Å². The number of methoxy groups -OCH3 is 1. The summed E-state index contributed by atoms with van der Waals surface area (Å²) in [4.78, 5) is 6.69. The fourth-order valence-corrected chi connectivity index (χ4v) is 2.91. The molecule has 0 amide bonds. The molecule has 2 saturated heterocycles. The summed E-state index contributed by atoms with van der Waals surface area (Å²) in [6.45, 7) is 3.37. The van der Waals surface area contributed by atoms with Crippen LogP contribution in [-0.4, -0.2) is 37.8 Å². The van der Waals surface area contributed by atoms with Crippen molar-refractivity contribution in [1.29, 1.82) is 0 Å². The molecule has 2 unspecified atom stereocenters. The van der Waals surface area contributed by atoms with Gasteiger partial charge >= 0.3 is 0 Å². The summed E-state index contributed by atoms with van der Waals surface area (Å²) in [5, 5.41) is 3.42. The Morgan fingerprint density at radius 3 is 3.19 bits per heavy atom. The predicted molar refractivity (Wildman–Crippen MR) is 66.0 cm³/mol. The quantitative estimate of drug-likeness (QED) is 0.830. The standard InChI is InChI=1S/C11H14BrN3O/c1-16-10-2-8(4-14-11(10)12)15-6-7-3-13-5-9(7)15/h2,4,7,9,13H,3,5-6H2,1H3. The number of rotatable bonds is 2. The summed E-state index contributed by atoms with van der Waals surface area (Å²) in [6, 6.07) is 2.69. The highest BCUT2D eigenvalue weighted by atomic mass is 79.9. The zero-order valence-corrected chi connectivity index (χ0v) is 10.7. The average molecular weight is 284 g/mol. The molecule has 1 aromatic heterocycles. The SMILES string of the molecule is COc1cc(N2CC3CNCC32)cnc1Br. The van der Waals surface area contributed by atoms with Crippen LogP contribution < -0.4 is 15.0 Å². The Morgan fingerprint density at radius 2 is 2.44 bits per heavy atom. The van der Waals surface area contributed by atoms with Crippen LogP contribution in [0, 0.1) is 5.92 Å². The Hall–Kier alpha value is -0.810. The molecule has 16 heavy (non-hydrogen) atoms. The van der Waals surface area contributed by atoms with E-state index in [4.69, 9.17) is 4.74 Å². The Bertz CT molecular complexity index is 412. The molecule has 0 saturated carbocycles. The van der Waals surface area contributed by atoms with Gasteiger partial charge in [-0.25, -0.2) is 4.98 Å². The van der Waals surface area contributed by atoms with Crippen LogP contribution in [0.5, 0.6) is 5.75 Å². The molecule has 0 spiro atoms. The van der Waals surface area contributed by atoms with Gasteiger partial charge in [-0.05, 0) is 15.9 Å². The second-order valence-corrected chi connectivity index (χ2v) is 5.08. The molecule has 0 aromatic carbocycles. The van der Waals surface area contributed by atoms with E-state index in [0.29, 0.717) is 6.04 Å². The van der Waals surface area contributed by atoms with Gasteiger partial charge in [-0.1, -0.05) is 0 Å². The van der Waals surface area contributed by atoms with Crippen LogP contribution in [0.1, 0.15) is 0 Å². The molecule has 4 nitrogen and oxygen atoms in total. The van der Waals surface area contributed by atoms with Crippen molar-refractivity contribution < 1.29 is 4.74 Å². The van der Waals surface area contributed by atoms with E-state index in [9.17, 15) is 0 Å². The van der Waals surface area contributed by atoms with Gasteiger partial charge in [0.1, 0.15) is 4.60 Å². The Balaban J connectivity index is 1.84. The topological polar surface area (TPSA) is 37.4 Å². The first-order chi connectivity index (χ1) is 7.79. The Morgan fingerprint density at radius 1 is 1.56 bits per heavy atom. The summed E-state index contributed by atoms with van der Waals surface area (Å²) in [7, 11) is 1.67. The summed E-state index contributed by atoms with van der Waals surface area (Å²) < 4.78 is 6.03. The number of fused-ring (bicyclic) bond motifs is 1. The third kappa shape index (κ3) is 1.50. The number of halogens is 1. The molecule has 0 bridgehead atoms. The lowest BCUT2D eigenvalue weighted by Crippen LogP contribution is -2.55. The van der Waals surface area contributed by atoms with Crippen molar-refractivity contribution in [3.63, 3.8) is 0 Å². The number of anilines is 1. The maximum Gasteiger partial charge on any atom is 0.153 e. The molecule has 5 heteroatoms. The van der Waals surface area contributed by atoms with Crippen LogP contribution in [-0.2, 0) is 0 Å². The van der Waals surface area contributed by atoms with Crippen LogP contribution in [0.2, 0.25) is 0 Å². The van der Waals surface area contributed by atoms with E-state index in [1.807, 2.05) is 12.3 Å². The van der Waals surface area contributed by atoms with Crippen LogP contribution in [0.3, 0.4) is 0 Å². The van der Waals surface area contributed by atoms with Gasteiger partial charge in [0, 0.05) is 37.7 Å². The molecule has 1 aromatic rings. The summed E-state index contributed by atoms with van der Waals surface area (Å²) >= 11 is 3.37. The van der Waals surface area contributed by atoms with Gasteiger partial charge in [-0.3, -0.25) is 0 Å². The fraction of sp³-hybridized carbons (Fsp3) is 0.545. The van der Waals surface area contributed by atoms with Crippen molar-refractivity contribution in [2.45, 2.75) is 6.04 Å². The molecular formula is C11H14BrN3O. The van der Waals surface area contributed by atoms with Crippen molar-refractivity contribution in [3.8, 4) is 5.75 Å². The molecule has 2 aliphatic rings. The van der Waals surface area contributed by atoms with Crippen LogP contribution in [0.15, 0.2) is 16.9 Å². The first-order valence-electron chi connectivity index (χ1n) is 5.46. The number of hydrogen-bond donors (Lipinski definition) is 1. The van der Waals surface area contributed by atoms with Gasteiger partial charge in [0.05, 0.1) is 19.0 Å². The number of aromatic nitrogens is 1. The zero-order valence-electron chi connectivity index (χ0n) is 9.11. The van der Waals surface area contributed by atoms with Crippen molar-refractivity contribution >= 4 is 21.6 Å². The molecule has 0 radical (unpaired) electrons. The van der Waals surface area contributed by atoms with Crippen LogP contribution in [0.25, 0.3) is 0 Å². The largest absolute Gasteiger partial charge is 0.494 e. The van der Waals surface area contributed by atoms with E-state index in [-0.39, 0.29) is 0 Å². The first kappa shape index (κ1) is 10.4. The van der Waals surface area contributed by atoms with E-state index in [1.165, 1.54) is 0 Å². The van der Waals surface area contributed by atoms with E-state index >= 15 is 0 Å². The first-order valence-corrected chi connectivity index (χ1v) is 6.26. The van der Waals surface area contributed by atoms with E-state index in [2.05, 4.69) is 31.1 Å². The molecule has 2 fully saturated rings. The molecule has 2 atom stereocenters. The molecule has 0 aliphatic carbocycles. The van der Waals surface area contributed by atoms with Gasteiger partial charge in [-0.2, -0.15) is 0 Å². The number of nitrogens with zero attached hydrogens (tertiary/aromatic N) is 2. The highest BCUT2D eigenvalue weighted by Gasteiger charge is 2.42. The third-order valence-corrected chi connectivity index (χ3v) is 4.08. The zero-order chi connectivity index (χ0) is 11.1. The Labute approximate surface area is 103 Å². The summed E-state index contributed by atoms with van der Waals surface area (Å²) in [5.74, 6) is 1.61. The molecule has 2 aliphatic heterocycles. The minimum Gasteiger partial charge on any atom is -0.494 e. The minimum atomic E-state index is 0.646. The molecule has 3 heterocycles. The van der Waals surface area contributed by atoms with Crippen molar-refractivity contribution in [1.82, 2.24) is 10.3 Å². The smallest absolute Gasteiger partial charge is 0.153 e. The summed E-state index contributed by atoms with van der Waals surface area (Å²) in [5.41, 5.74) is 1.16. The molecule has 86 valence electrons. The molecular weight excluding hydrogens is 270 g/mol. The van der Waals surface area contributed by atoms with Crippen LogP contribution in [0.4, 0.5) is 5.69 Å². The normalized spacial score (nSPS) is 27.5. The van der Waals surface area contributed by atoms with Crippen molar-refractivity contribution in [3.05, 3.63) is 16.9 Å². The monoisotopic (exact) mass is 283 g/mol. The number of pyridine rings is 1. The van der Waals surface area contributed by atoms with Gasteiger partial charge in [0.15, 0.2) is 5.75 Å². The Kier molecular flexibility index (Phi) is 2.52. The summed E-state index contributed by atoms with van der Waals surface area (Å²) in [6.07, 6.45) is 1.90. The van der Waals surface area contributed by atoms with Gasteiger partial charge < -0.3 is 15.0 Å². The molecule has 3 rings (SSSR count). The molecule has 1 N–H and O–H groups in total. The second kappa shape index (κ2) is 3.89. The van der Waals surface area contributed by atoms with Crippen molar-refractivity contribution in [2.75, 3.05) is 31.6 Å². The van der Waals surface area contributed by atoms with Gasteiger partial charge in [0.25, 0.3) is 0 Å². The fourth-order valence-electron chi connectivity index (χ4n) is 2.53. The second-order valence-electron chi connectivity index (χ2n) is 4.32. The minimum absolute atomic E-state index is 0.646. The third-order valence-electron chi connectivity index (χ3n) is 3.48. The number of ether oxygens (including phenoxy) is 1. The van der Waals surface area contributed by atoms with Crippen LogP contribution >= 0.6 is 15.9 Å². The van der Waals surface area contributed by atoms with E-state index in [1.54, 1.807) is 7.11 Å². The number of nitrogens with one attached hydrogen (secondary N) is 1.